The molecule has 0 unspecified atom stereocenters. The van der Waals surface area contributed by atoms with Crippen molar-refractivity contribution in [3.63, 3.8) is 0 Å². The predicted molar refractivity (Wildman–Crippen MR) is 68.6 cm³/mol. The molecule has 0 aliphatic rings. The second-order valence-electron chi connectivity index (χ2n) is 3.88. The van der Waals surface area contributed by atoms with E-state index in [9.17, 15) is 13.2 Å². The molecule has 1 aromatic carbocycles. The lowest BCUT2D eigenvalue weighted by atomic mass is 10.2. The monoisotopic (exact) mass is 271 g/mol. The minimum Gasteiger partial charge on any atom is -0.481 e. The van der Waals surface area contributed by atoms with E-state index in [2.05, 4.69) is 0 Å². The average molecular weight is 271 g/mol. The third kappa shape index (κ3) is 4.46. The number of hydrogen-bond acceptors (Lipinski definition) is 3. The summed E-state index contributed by atoms with van der Waals surface area (Å²) in [7, 11) is -3.45. The van der Waals surface area contributed by atoms with Crippen molar-refractivity contribution < 1.29 is 18.3 Å². The van der Waals surface area contributed by atoms with Gasteiger partial charge in [0.1, 0.15) is 0 Å². The van der Waals surface area contributed by atoms with Crippen LogP contribution in [0.3, 0.4) is 0 Å². The van der Waals surface area contributed by atoms with E-state index in [0.717, 1.165) is 0 Å². The molecule has 0 fully saturated rings. The van der Waals surface area contributed by atoms with Crippen molar-refractivity contribution in [1.82, 2.24) is 4.31 Å². The average Bonchev–Trinajstić information content (AvgIpc) is 2.29. The van der Waals surface area contributed by atoms with Gasteiger partial charge in [0.2, 0.25) is 10.0 Å². The third-order valence-electron chi connectivity index (χ3n) is 2.51. The second kappa shape index (κ2) is 6.51. The molecule has 5 nitrogen and oxygen atoms in total. The number of aliphatic carboxylic acids is 1. The van der Waals surface area contributed by atoms with Crippen LogP contribution in [0.15, 0.2) is 30.3 Å². The summed E-state index contributed by atoms with van der Waals surface area (Å²) in [5, 5.41) is 8.59. The molecule has 1 N–H and O–H groups in total. The first kappa shape index (κ1) is 14.7. The predicted octanol–water partition coefficient (Wildman–Crippen LogP) is 1.31. The maximum absolute atomic E-state index is 12.1. The fourth-order valence-corrected chi connectivity index (χ4v) is 3.15. The van der Waals surface area contributed by atoms with Gasteiger partial charge in [-0.3, -0.25) is 4.79 Å². The first-order valence-corrected chi connectivity index (χ1v) is 7.30. The third-order valence-corrected chi connectivity index (χ3v) is 4.44. The normalized spacial score (nSPS) is 11.7. The van der Waals surface area contributed by atoms with Crippen LogP contribution in [0.2, 0.25) is 0 Å². The lowest BCUT2D eigenvalue weighted by molar-refractivity contribution is -0.137. The molecule has 100 valence electrons. The van der Waals surface area contributed by atoms with Crippen LogP contribution in [-0.4, -0.2) is 36.9 Å². The van der Waals surface area contributed by atoms with Gasteiger partial charge in [0.05, 0.1) is 12.2 Å². The molecule has 0 bridgehead atoms. The Hall–Kier alpha value is -1.40. The molecule has 0 saturated heterocycles. The molecule has 1 aromatic rings. The molecule has 6 heteroatoms. The highest BCUT2D eigenvalue weighted by Gasteiger charge is 2.21. The van der Waals surface area contributed by atoms with E-state index < -0.39 is 16.0 Å². The van der Waals surface area contributed by atoms with Gasteiger partial charge in [-0.2, -0.15) is 0 Å². The summed E-state index contributed by atoms with van der Waals surface area (Å²) in [5.41, 5.74) is 0.700. The lowest BCUT2D eigenvalue weighted by Crippen LogP contribution is -2.33. The van der Waals surface area contributed by atoms with Crippen molar-refractivity contribution in [2.24, 2.45) is 0 Å². The van der Waals surface area contributed by atoms with E-state index in [4.69, 9.17) is 5.11 Å². The Kier molecular flexibility index (Phi) is 5.30. The van der Waals surface area contributed by atoms with Gasteiger partial charge in [-0.25, -0.2) is 12.7 Å². The number of carboxylic acid groups (broad SMARTS) is 1. The molecule has 0 aliphatic heterocycles. The van der Waals surface area contributed by atoms with E-state index in [1.165, 1.54) is 4.31 Å². The van der Waals surface area contributed by atoms with Crippen molar-refractivity contribution in [3.05, 3.63) is 35.9 Å². The van der Waals surface area contributed by atoms with Gasteiger partial charge in [0, 0.05) is 13.1 Å². The summed E-state index contributed by atoms with van der Waals surface area (Å²) in [6.07, 6.45) is -0.179. The minimum atomic E-state index is -3.45. The van der Waals surface area contributed by atoms with Gasteiger partial charge in [0.25, 0.3) is 0 Å². The molecular weight excluding hydrogens is 254 g/mol. The number of rotatable bonds is 7. The zero-order valence-electron chi connectivity index (χ0n) is 10.2. The molecule has 0 amide bonds. The zero-order chi connectivity index (χ0) is 13.6. The molecule has 0 radical (unpaired) electrons. The summed E-state index contributed by atoms with van der Waals surface area (Å²) in [6, 6.07) is 8.85. The smallest absolute Gasteiger partial charge is 0.304 e. The number of carbonyl (C=O) groups is 1. The van der Waals surface area contributed by atoms with Gasteiger partial charge in [-0.1, -0.05) is 37.3 Å². The maximum atomic E-state index is 12.1. The molecule has 0 aromatic heterocycles. The summed E-state index contributed by atoms with van der Waals surface area (Å²) in [5.74, 6) is -1.09. The Balaban J connectivity index is 2.74. The van der Waals surface area contributed by atoms with E-state index in [0.29, 0.717) is 5.56 Å². The van der Waals surface area contributed by atoms with Crippen LogP contribution in [0.25, 0.3) is 0 Å². The van der Waals surface area contributed by atoms with Gasteiger partial charge >= 0.3 is 5.97 Å². The van der Waals surface area contributed by atoms with Crippen molar-refractivity contribution in [2.45, 2.75) is 19.1 Å². The first-order chi connectivity index (χ1) is 8.45. The van der Waals surface area contributed by atoms with Crippen molar-refractivity contribution >= 4 is 16.0 Å². The van der Waals surface area contributed by atoms with Crippen molar-refractivity contribution in [1.29, 1.82) is 0 Å². The SMILES string of the molecule is CCN(CCC(=O)O)S(=O)(=O)Cc1ccccc1. The standard InChI is InChI=1S/C12H17NO4S/c1-2-13(9-8-12(14)15)18(16,17)10-11-6-4-3-5-7-11/h3-7H,2,8-10H2,1H3,(H,14,15). The van der Waals surface area contributed by atoms with Crippen LogP contribution in [0, 0.1) is 0 Å². The van der Waals surface area contributed by atoms with E-state index in [-0.39, 0.29) is 25.3 Å². The molecular formula is C12H17NO4S. The van der Waals surface area contributed by atoms with Gasteiger partial charge < -0.3 is 5.11 Å². The molecule has 0 heterocycles. The van der Waals surface area contributed by atoms with E-state index in [1.807, 2.05) is 6.07 Å². The van der Waals surface area contributed by atoms with Crippen LogP contribution < -0.4 is 0 Å². The fourth-order valence-electron chi connectivity index (χ4n) is 1.59. The highest BCUT2D eigenvalue weighted by Crippen LogP contribution is 2.11. The molecule has 18 heavy (non-hydrogen) atoms. The Morgan fingerprint density at radius 3 is 2.39 bits per heavy atom. The van der Waals surface area contributed by atoms with Crippen LogP contribution in [0.4, 0.5) is 0 Å². The fraction of sp³-hybridized carbons (Fsp3) is 0.417. The largest absolute Gasteiger partial charge is 0.481 e. The highest BCUT2D eigenvalue weighted by molar-refractivity contribution is 7.88. The molecule has 1 rings (SSSR count). The number of carboxylic acids is 1. The van der Waals surface area contributed by atoms with Gasteiger partial charge in [0.15, 0.2) is 0 Å². The number of hydrogen-bond donors (Lipinski definition) is 1. The maximum Gasteiger partial charge on any atom is 0.304 e. The number of nitrogens with zero attached hydrogens (tertiary/aromatic N) is 1. The van der Waals surface area contributed by atoms with E-state index >= 15 is 0 Å². The quantitative estimate of drug-likeness (QED) is 0.811. The Morgan fingerprint density at radius 2 is 1.89 bits per heavy atom. The minimum absolute atomic E-state index is 0.0149. The summed E-state index contributed by atoms with van der Waals surface area (Å²) >= 11 is 0. The van der Waals surface area contributed by atoms with Gasteiger partial charge in [-0.15, -0.1) is 0 Å². The Bertz CT molecular complexity index is 484. The van der Waals surface area contributed by atoms with Crippen LogP contribution in [0.1, 0.15) is 18.9 Å². The number of sulfonamides is 1. The highest BCUT2D eigenvalue weighted by atomic mass is 32.2. The van der Waals surface area contributed by atoms with Crippen molar-refractivity contribution in [2.75, 3.05) is 13.1 Å². The molecule has 0 atom stereocenters. The topological polar surface area (TPSA) is 74.7 Å². The van der Waals surface area contributed by atoms with E-state index in [1.54, 1.807) is 31.2 Å². The molecule has 0 spiro atoms. The molecule has 0 saturated carbocycles. The zero-order valence-corrected chi connectivity index (χ0v) is 11.1. The summed E-state index contributed by atoms with van der Waals surface area (Å²) in [6.45, 7) is 1.99. The van der Waals surface area contributed by atoms with Crippen molar-refractivity contribution in [3.8, 4) is 0 Å². The van der Waals surface area contributed by atoms with Crippen LogP contribution >= 0.6 is 0 Å². The Labute approximate surface area is 107 Å². The first-order valence-electron chi connectivity index (χ1n) is 5.69. The lowest BCUT2D eigenvalue weighted by Gasteiger charge is -2.19. The van der Waals surface area contributed by atoms with Crippen LogP contribution in [-0.2, 0) is 20.6 Å². The summed E-state index contributed by atoms with van der Waals surface area (Å²) < 4.78 is 25.4. The van der Waals surface area contributed by atoms with Crippen LogP contribution in [0.5, 0.6) is 0 Å². The second-order valence-corrected chi connectivity index (χ2v) is 5.85. The van der Waals surface area contributed by atoms with Gasteiger partial charge in [-0.05, 0) is 5.56 Å². The summed E-state index contributed by atoms with van der Waals surface area (Å²) in [4.78, 5) is 10.5. The molecule has 0 aliphatic carbocycles. The number of benzene rings is 1. The Morgan fingerprint density at radius 1 is 1.28 bits per heavy atom.